The van der Waals surface area contributed by atoms with E-state index in [4.69, 9.17) is 24.7 Å². The van der Waals surface area contributed by atoms with Gasteiger partial charge in [0.1, 0.15) is 0 Å². The number of aliphatic carboxylic acids is 1. The lowest BCUT2D eigenvalue weighted by Gasteiger charge is -2.39. The molecule has 3 N–H and O–H groups in total. The van der Waals surface area contributed by atoms with Crippen LogP contribution in [0.5, 0.6) is 0 Å². The Hall–Kier alpha value is -0.530. The Labute approximate surface area is 125 Å². The molecule has 0 aromatic carbocycles. The molecule has 0 aliphatic rings. The summed E-state index contributed by atoms with van der Waals surface area (Å²) in [5, 5.41) is 9.55. The van der Waals surface area contributed by atoms with Gasteiger partial charge >= 0.3 is 33.9 Å². The molecule has 0 aromatic rings. The SMILES string of the molecule is COC(OC)([PH+]=O)C(C)C(N)(C(=O)O)C(OC)(OC)[PH+]=O. The topological polar surface area (TPSA) is 134 Å². The maximum absolute atomic E-state index is 11.8. The molecule has 0 fully saturated rings. The lowest BCUT2D eigenvalue weighted by atomic mass is 9.83. The summed E-state index contributed by atoms with van der Waals surface area (Å²) in [7, 11) is 2.01. The van der Waals surface area contributed by atoms with Crippen molar-refractivity contribution in [1.82, 2.24) is 0 Å². The van der Waals surface area contributed by atoms with E-state index in [1.54, 1.807) is 0 Å². The van der Waals surface area contributed by atoms with Gasteiger partial charge in [-0.1, -0.05) is 9.13 Å². The van der Waals surface area contributed by atoms with Crippen molar-refractivity contribution in [3.8, 4) is 0 Å². The Morgan fingerprint density at radius 2 is 1.48 bits per heavy atom. The lowest BCUT2D eigenvalue weighted by Crippen LogP contribution is -2.71. The molecular formula is C10H21NO8P2+2. The van der Waals surface area contributed by atoms with E-state index in [1.807, 2.05) is 0 Å². The van der Waals surface area contributed by atoms with Gasteiger partial charge in [-0.25, -0.2) is 4.79 Å². The predicted molar refractivity (Wildman–Crippen MR) is 75.2 cm³/mol. The molecule has 4 unspecified atom stereocenters. The van der Waals surface area contributed by atoms with Crippen LogP contribution in [-0.2, 0) is 32.9 Å². The summed E-state index contributed by atoms with van der Waals surface area (Å²) in [6.45, 7) is 1.33. The second-order valence-electron chi connectivity index (χ2n) is 4.20. The highest BCUT2D eigenvalue weighted by Gasteiger charge is 2.73. The fraction of sp³-hybridized carbons (Fsp3) is 0.900. The molecule has 0 spiro atoms. The molecule has 0 saturated carbocycles. The van der Waals surface area contributed by atoms with E-state index in [2.05, 4.69) is 0 Å². The molecule has 0 saturated heterocycles. The summed E-state index contributed by atoms with van der Waals surface area (Å²) >= 11 is 0. The van der Waals surface area contributed by atoms with E-state index < -0.39 is 45.4 Å². The zero-order valence-electron chi connectivity index (χ0n) is 12.5. The monoisotopic (exact) mass is 345 g/mol. The van der Waals surface area contributed by atoms with Gasteiger partial charge in [-0.2, -0.15) is 0 Å². The average molecular weight is 345 g/mol. The van der Waals surface area contributed by atoms with Gasteiger partial charge < -0.3 is 29.8 Å². The van der Waals surface area contributed by atoms with Crippen LogP contribution < -0.4 is 5.73 Å². The number of carboxylic acid groups (broad SMARTS) is 1. The maximum Gasteiger partial charge on any atom is 0.402 e. The summed E-state index contributed by atoms with van der Waals surface area (Å²) < 4.78 is 43.1. The van der Waals surface area contributed by atoms with Crippen LogP contribution in [0.25, 0.3) is 0 Å². The summed E-state index contributed by atoms with van der Waals surface area (Å²) in [6, 6.07) is 0. The normalized spacial score (nSPS) is 17.6. The van der Waals surface area contributed by atoms with Crippen LogP contribution in [0, 0.1) is 5.92 Å². The van der Waals surface area contributed by atoms with E-state index in [1.165, 1.54) is 21.1 Å². The van der Waals surface area contributed by atoms with Crippen molar-refractivity contribution < 1.29 is 38.0 Å². The van der Waals surface area contributed by atoms with Crippen LogP contribution in [-0.4, -0.2) is 56.1 Å². The molecule has 0 heterocycles. The number of carboxylic acids is 1. The first kappa shape index (κ1) is 20.5. The standard InChI is InChI=1S/C10H19NO8P2/c1-6(9(16-2,17-3)20-14)8(11,7(12)13)10(18-4,19-5)21-15/h6H,11H2,1-5H3,(H,12,13)/p+2. The second-order valence-corrected chi connectivity index (χ2v) is 5.96. The Morgan fingerprint density at radius 1 is 1.05 bits per heavy atom. The molecule has 0 amide bonds. The van der Waals surface area contributed by atoms with Crippen molar-refractivity contribution in [3.63, 3.8) is 0 Å². The highest BCUT2D eigenvalue weighted by atomic mass is 31.1. The van der Waals surface area contributed by atoms with Crippen molar-refractivity contribution >= 4 is 22.9 Å². The Kier molecular flexibility index (Phi) is 7.45. The molecular weight excluding hydrogens is 324 g/mol. The molecule has 0 aliphatic carbocycles. The van der Waals surface area contributed by atoms with E-state index >= 15 is 0 Å². The van der Waals surface area contributed by atoms with Crippen molar-refractivity contribution in [2.24, 2.45) is 11.7 Å². The number of methoxy groups -OCH3 is 4. The molecule has 0 rings (SSSR count). The largest absolute Gasteiger partial charge is 0.480 e. The molecule has 122 valence electrons. The van der Waals surface area contributed by atoms with E-state index in [0.717, 1.165) is 14.2 Å². The van der Waals surface area contributed by atoms with Gasteiger partial charge in [-0.05, 0) is 6.92 Å². The number of hydrogen-bond donors (Lipinski definition) is 2. The molecule has 21 heavy (non-hydrogen) atoms. The van der Waals surface area contributed by atoms with Crippen LogP contribution in [0.3, 0.4) is 0 Å². The molecule has 0 aromatic heterocycles. The molecule has 9 nitrogen and oxygen atoms in total. The quantitative estimate of drug-likeness (QED) is 0.424. The Bertz CT molecular complexity index is 399. The van der Waals surface area contributed by atoms with Gasteiger partial charge in [0, 0.05) is 28.4 Å². The fourth-order valence-corrected chi connectivity index (χ4v) is 3.34. The molecule has 0 aliphatic heterocycles. The van der Waals surface area contributed by atoms with Crippen LogP contribution >= 0.6 is 16.9 Å². The van der Waals surface area contributed by atoms with E-state index in [0.29, 0.717) is 0 Å². The zero-order chi connectivity index (χ0) is 16.9. The third kappa shape index (κ3) is 3.00. The van der Waals surface area contributed by atoms with Gasteiger partial charge in [0.15, 0.2) is 0 Å². The predicted octanol–water partition coefficient (Wildman–Crippen LogP) is 0.346. The summed E-state index contributed by atoms with van der Waals surface area (Å²) in [5.74, 6) is -2.81. The number of hydrogen-bond acceptors (Lipinski definition) is 8. The van der Waals surface area contributed by atoms with Crippen LogP contribution in [0.2, 0.25) is 0 Å². The van der Waals surface area contributed by atoms with E-state index in [9.17, 15) is 19.0 Å². The highest BCUT2D eigenvalue weighted by molar-refractivity contribution is 7.26. The molecule has 11 heteroatoms. The Morgan fingerprint density at radius 3 is 1.67 bits per heavy atom. The first-order valence-electron chi connectivity index (χ1n) is 5.73. The third-order valence-corrected chi connectivity index (χ3v) is 5.83. The van der Waals surface area contributed by atoms with Gasteiger partial charge in [0.2, 0.25) is 5.54 Å². The number of carbonyl (C=O) groups is 1. The first-order valence-corrected chi connectivity index (χ1v) is 7.55. The highest BCUT2D eigenvalue weighted by Crippen LogP contribution is 2.47. The van der Waals surface area contributed by atoms with Crippen molar-refractivity contribution in [1.29, 1.82) is 0 Å². The molecule has 0 radical (unpaired) electrons. The van der Waals surface area contributed by atoms with Crippen molar-refractivity contribution in [3.05, 3.63) is 0 Å². The third-order valence-electron chi connectivity index (χ3n) is 3.61. The van der Waals surface area contributed by atoms with E-state index in [-0.39, 0.29) is 0 Å². The van der Waals surface area contributed by atoms with Gasteiger partial charge in [0.25, 0.3) is 0 Å². The number of ether oxygens (including phenoxy) is 4. The molecule has 0 bridgehead atoms. The van der Waals surface area contributed by atoms with Crippen molar-refractivity contribution in [2.45, 2.75) is 23.5 Å². The summed E-state index contributed by atoms with van der Waals surface area (Å²) in [5.41, 5.74) is -0.381. The minimum atomic E-state index is -2.36. The van der Waals surface area contributed by atoms with Gasteiger partial charge in [0.05, 0.1) is 5.92 Å². The lowest BCUT2D eigenvalue weighted by molar-refractivity contribution is -0.244. The molecule has 4 atom stereocenters. The Balaban J connectivity index is 6.28. The number of nitrogens with two attached hydrogens (primary N) is 1. The summed E-state index contributed by atoms with van der Waals surface area (Å²) in [6.07, 6.45) is 0. The minimum absolute atomic E-state index is 1.10. The maximum atomic E-state index is 11.8. The van der Waals surface area contributed by atoms with Gasteiger partial charge in [-0.15, -0.1) is 0 Å². The van der Waals surface area contributed by atoms with Crippen LogP contribution in [0.4, 0.5) is 0 Å². The smallest absolute Gasteiger partial charge is 0.402 e. The zero-order valence-corrected chi connectivity index (χ0v) is 14.5. The van der Waals surface area contributed by atoms with Crippen LogP contribution in [0.1, 0.15) is 6.92 Å². The van der Waals surface area contributed by atoms with Crippen molar-refractivity contribution in [2.75, 3.05) is 28.4 Å². The average Bonchev–Trinajstić information content (AvgIpc) is 2.51. The fourth-order valence-electron chi connectivity index (χ4n) is 2.11. The van der Waals surface area contributed by atoms with Crippen LogP contribution in [0.15, 0.2) is 0 Å². The second kappa shape index (κ2) is 7.65. The number of rotatable bonds is 10. The summed E-state index contributed by atoms with van der Waals surface area (Å²) in [4.78, 5) is 11.8. The minimum Gasteiger partial charge on any atom is -0.480 e. The first-order chi connectivity index (χ1) is 9.71. The van der Waals surface area contributed by atoms with Gasteiger partial charge in [-0.3, -0.25) is 0 Å².